The highest BCUT2D eigenvalue weighted by molar-refractivity contribution is 9.10. The molecular formula is C15H16BrF3N2O2. The third-order valence-corrected chi connectivity index (χ3v) is 5.10. The molecule has 3 rings (SSSR count). The number of aliphatic hydroxyl groups is 1. The largest absolute Gasteiger partial charge is 0.438 e. The van der Waals surface area contributed by atoms with E-state index in [-0.39, 0.29) is 12.0 Å². The summed E-state index contributed by atoms with van der Waals surface area (Å²) in [7, 11) is 0. The summed E-state index contributed by atoms with van der Waals surface area (Å²) >= 11 is 3.19. The van der Waals surface area contributed by atoms with Crippen LogP contribution in [0.25, 0.3) is 0 Å². The van der Waals surface area contributed by atoms with E-state index in [4.69, 9.17) is 0 Å². The van der Waals surface area contributed by atoms with Crippen molar-refractivity contribution in [2.24, 2.45) is 5.92 Å². The molecule has 8 heteroatoms. The van der Waals surface area contributed by atoms with E-state index in [0.717, 1.165) is 6.42 Å². The molecule has 1 saturated heterocycles. The van der Waals surface area contributed by atoms with Gasteiger partial charge in [0.2, 0.25) is 0 Å². The summed E-state index contributed by atoms with van der Waals surface area (Å²) in [5.41, 5.74) is -0.500. The number of benzene rings is 1. The first-order valence-corrected chi connectivity index (χ1v) is 8.20. The fraction of sp³-hybridized carbons (Fsp3) is 0.533. The molecule has 1 amide bonds. The van der Waals surface area contributed by atoms with Gasteiger partial charge in [0.25, 0.3) is 11.6 Å². The standard InChI is InChI=1S/C15H16BrF3N2O2/c16-10-5-3-4-9(8-10)13(22)21-14(23,15(17,18)19)11-6-1-2-7-12(11)20-21/h3-5,8,11-12,20,23H,1-2,6-7H2. The van der Waals surface area contributed by atoms with Gasteiger partial charge >= 0.3 is 6.18 Å². The molecule has 0 bridgehead atoms. The SMILES string of the molecule is O=C(c1cccc(Br)c1)N1NC2CCCCC2C1(O)C(F)(F)F. The van der Waals surface area contributed by atoms with Crippen LogP contribution in [-0.4, -0.2) is 34.0 Å². The lowest BCUT2D eigenvalue weighted by atomic mass is 9.79. The van der Waals surface area contributed by atoms with Crippen LogP contribution in [0.5, 0.6) is 0 Å². The molecule has 1 aromatic carbocycles. The van der Waals surface area contributed by atoms with Gasteiger partial charge in [0.15, 0.2) is 0 Å². The van der Waals surface area contributed by atoms with Gasteiger partial charge in [-0.1, -0.05) is 34.8 Å². The van der Waals surface area contributed by atoms with Crippen molar-refractivity contribution in [3.05, 3.63) is 34.3 Å². The van der Waals surface area contributed by atoms with Crippen molar-refractivity contribution in [2.75, 3.05) is 0 Å². The number of nitrogens with one attached hydrogen (secondary N) is 1. The molecule has 1 heterocycles. The lowest BCUT2D eigenvalue weighted by Gasteiger charge is -2.38. The van der Waals surface area contributed by atoms with Crippen LogP contribution in [0, 0.1) is 5.92 Å². The molecule has 0 radical (unpaired) electrons. The van der Waals surface area contributed by atoms with Crippen molar-refractivity contribution in [2.45, 2.75) is 43.6 Å². The fourth-order valence-corrected chi connectivity index (χ4v) is 3.90. The molecule has 0 aromatic heterocycles. The molecule has 1 aromatic rings. The minimum absolute atomic E-state index is 0.0770. The van der Waals surface area contributed by atoms with Crippen LogP contribution in [0.2, 0.25) is 0 Å². The highest BCUT2D eigenvalue weighted by atomic mass is 79.9. The summed E-state index contributed by atoms with van der Waals surface area (Å²) < 4.78 is 41.5. The van der Waals surface area contributed by atoms with Crippen molar-refractivity contribution in [3.63, 3.8) is 0 Å². The number of halogens is 4. The smallest absolute Gasteiger partial charge is 0.362 e. The number of rotatable bonds is 1. The van der Waals surface area contributed by atoms with E-state index in [9.17, 15) is 23.1 Å². The zero-order chi connectivity index (χ0) is 16.8. The molecule has 2 aliphatic rings. The first-order chi connectivity index (χ1) is 10.7. The van der Waals surface area contributed by atoms with Gasteiger partial charge < -0.3 is 5.11 Å². The number of hydrazine groups is 1. The maximum Gasteiger partial charge on any atom is 0.438 e. The summed E-state index contributed by atoms with van der Waals surface area (Å²) in [6.45, 7) is 0. The molecule has 3 atom stereocenters. The number of amides is 1. The summed E-state index contributed by atoms with van der Waals surface area (Å²) in [6.07, 6.45) is -2.80. The molecule has 1 saturated carbocycles. The number of carbonyl (C=O) groups is 1. The predicted molar refractivity (Wildman–Crippen MR) is 80.2 cm³/mol. The van der Waals surface area contributed by atoms with E-state index < -0.39 is 29.8 Å². The second-order valence-electron chi connectivity index (χ2n) is 6.00. The fourth-order valence-electron chi connectivity index (χ4n) is 3.50. The number of fused-ring (bicyclic) bond motifs is 1. The molecule has 4 nitrogen and oxygen atoms in total. The lowest BCUT2D eigenvalue weighted by molar-refractivity contribution is -0.315. The summed E-state index contributed by atoms with van der Waals surface area (Å²) in [5.74, 6) is -1.94. The number of alkyl halides is 3. The summed E-state index contributed by atoms with van der Waals surface area (Å²) in [4.78, 5) is 12.6. The Labute approximate surface area is 139 Å². The van der Waals surface area contributed by atoms with Gasteiger partial charge in [-0.25, -0.2) is 10.4 Å². The Kier molecular flexibility index (Phi) is 4.18. The monoisotopic (exact) mass is 392 g/mol. The van der Waals surface area contributed by atoms with Gasteiger partial charge in [0.1, 0.15) is 0 Å². The Balaban J connectivity index is 2.01. The van der Waals surface area contributed by atoms with Gasteiger partial charge in [-0.3, -0.25) is 4.79 Å². The molecule has 2 fully saturated rings. The molecule has 0 spiro atoms. The van der Waals surface area contributed by atoms with E-state index in [1.807, 2.05) is 0 Å². The Hall–Kier alpha value is -1.12. The van der Waals surface area contributed by atoms with E-state index in [0.29, 0.717) is 22.3 Å². The number of carbonyl (C=O) groups excluding carboxylic acids is 1. The average Bonchev–Trinajstić information content (AvgIpc) is 2.81. The highest BCUT2D eigenvalue weighted by Gasteiger charge is 2.69. The summed E-state index contributed by atoms with van der Waals surface area (Å²) in [6, 6.07) is 5.54. The van der Waals surface area contributed by atoms with Gasteiger partial charge in [-0.2, -0.15) is 13.2 Å². The normalized spacial score (nSPS) is 31.1. The maximum atomic E-state index is 13.6. The molecule has 3 unspecified atom stereocenters. The quantitative estimate of drug-likeness (QED) is 0.771. The van der Waals surface area contributed by atoms with Crippen molar-refractivity contribution in [1.29, 1.82) is 0 Å². The van der Waals surface area contributed by atoms with E-state index >= 15 is 0 Å². The first kappa shape index (κ1) is 16.7. The molecule has 126 valence electrons. The van der Waals surface area contributed by atoms with E-state index in [1.165, 1.54) is 12.1 Å². The topological polar surface area (TPSA) is 52.6 Å². The van der Waals surface area contributed by atoms with Gasteiger partial charge in [-0.15, -0.1) is 0 Å². The highest BCUT2D eigenvalue weighted by Crippen LogP contribution is 2.48. The van der Waals surface area contributed by atoms with Crippen molar-refractivity contribution >= 4 is 21.8 Å². The zero-order valence-electron chi connectivity index (χ0n) is 12.1. The van der Waals surface area contributed by atoms with Crippen molar-refractivity contribution in [3.8, 4) is 0 Å². The number of hydrogen-bond acceptors (Lipinski definition) is 3. The van der Waals surface area contributed by atoms with Gasteiger partial charge in [0, 0.05) is 22.0 Å². The minimum Gasteiger partial charge on any atom is -0.362 e. The zero-order valence-corrected chi connectivity index (χ0v) is 13.7. The number of nitrogens with zero attached hydrogens (tertiary/aromatic N) is 1. The van der Waals surface area contributed by atoms with Crippen LogP contribution in [0.3, 0.4) is 0 Å². The van der Waals surface area contributed by atoms with Crippen LogP contribution in [-0.2, 0) is 0 Å². The van der Waals surface area contributed by atoms with E-state index in [1.54, 1.807) is 12.1 Å². The third-order valence-electron chi connectivity index (χ3n) is 4.61. The van der Waals surface area contributed by atoms with Crippen LogP contribution in [0.15, 0.2) is 28.7 Å². The van der Waals surface area contributed by atoms with Crippen LogP contribution < -0.4 is 5.43 Å². The molecule has 2 N–H and O–H groups in total. The Bertz CT molecular complexity index is 625. The first-order valence-electron chi connectivity index (χ1n) is 7.40. The van der Waals surface area contributed by atoms with Crippen molar-refractivity contribution in [1.82, 2.24) is 10.4 Å². The maximum absolute atomic E-state index is 13.6. The third kappa shape index (κ3) is 2.66. The average molecular weight is 393 g/mol. The molecule has 1 aliphatic heterocycles. The predicted octanol–water partition coefficient (Wildman–Crippen LogP) is 3.22. The minimum atomic E-state index is -4.93. The molecule has 23 heavy (non-hydrogen) atoms. The Morgan fingerprint density at radius 2 is 2.04 bits per heavy atom. The van der Waals surface area contributed by atoms with Crippen LogP contribution in [0.1, 0.15) is 36.0 Å². The number of hydrogen-bond donors (Lipinski definition) is 2. The lowest BCUT2D eigenvalue weighted by Crippen LogP contribution is -2.62. The Morgan fingerprint density at radius 3 is 2.70 bits per heavy atom. The summed E-state index contributed by atoms with van der Waals surface area (Å²) in [5, 5.41) is 10.9. The Morgan fingerprint density at radius 1 is 1.35 bits per heavy atom. The molecule has 1 aliphatic carbocycles. The van der Waals surface area contributed by atoms with Gasteiger partial charge in [0.05, 0.1) is 0 Å². The van der Waals surface area contributed by atoms with Crippen LogP contribution >= 0.6 is 15.9 Å². The van der Waals surface area contributed by atoms with E-state index in [2.05, 4.69) is 21.4 Å². The van der Waals surface area contributed by atoms with Crippen LogP contribution in [0.4, 0.5) is 13.2 Å². The second-order valence-corrected chi connectivity index (χ2v) is 6.92. The van der Waals surface area contributed by atoms with Gasteiger partial charge in [-0.05, 0) is 31.0 Å². The second kappa shape index (κ2) is 5.75. The molecular weight excluding hydrogens is 377 g/mol. The van der Waals surface area contributed by atoms with Crippen molar-refractivity contribution < 1.29 is 23.1 Å².